The summed E-state index contributed by atoms with van der Waals surface area (Å²) in [6.07, 6.45) is 3.98. The van der Waals surface area contributed by atoms with Crippen molar-refractivity contribution >= 4 is 29.6 Å². The van der Waals surface area contributed by atoms with E-state index in [2.05, 4.69) is 160 Å². The number of hydrogen-bond acceptors (Lipinski definition) is 2. The Labute approximate surface area is 295 Å². The third-order valence-corrected chi connectivity index (χ3v) is 17.9. The van der Waals surface area contributed by atoms with Gasteiger partial charge in [-0.15, -0.1) is 0 Å². The molecule has 3 unspecified atom stereocenters. The van der Waals surface area contributed by atoms with Crippen molar-refractivity contribution in [3.63, 3.8) is 0 Å². The van der Waals surface area contributed by atoms with Crippen LogP contribution in [0.15, 0.2) is 49.1 Å². The molecular weight excluding hydrogens is 619 g/mol. The van der Waals surface area contributed by atoms with Crippen LogP contribution in [0.5, 0.6) is 0 Å². The van der Waals surface area contributed by atoms with Crippen LogP contribution in [0.25, 0.3) is 22.4 Å². The molecule has 0 saturated carbocycles. The van der Waals surface area contributed by atoms with Gasteiger partial charge in [-0.25, -0.2) is 14.1 Å². The summed E-state index contributed by atoms with van der Waals surface area (Å²) >= 11 is 0. The van der Waals surface area contributed by atoms with Gasteiger partial charge in [0.2, 0.25) is 0 Å². The molecule has 1 aliphatic carbocycles. The SMILES string of the molecule is C=CC1(CC)[n+]2c3n(c4cc5c(cc42)C(C)(C)C(C)(C)C5(C)C)P(=O)(c2c(C)cccc2C)N(C)c2nc(C(C)(C)C)cc(c2-3)C1(C)CC. The van der Waals surface area contributed by atoms with E-state index in [9.17, 15) is 0 Å². The van der Waals surface area contributed by atoms with E-state index in [-0.39, 0.29) is 27.1 Å². The lowest BCUT2D eigenvalue weighted by molar-refractivity contribution is -0.733. The lowest BCUT2D eigenvalue weighted by Crippen LogP contribution is -2.68. The number of anilines is 1. The van der Waals surface area contributed by atoms with Crippen molar-refractivity contribution in [3.8, 4) is 11.4 Å². The molecule has 0 radical (unpaired) electrons. The highest BCUT2D eigenvalue weighted by Crippen LogP contribution is 2.67. The third-order valence-electron chi connectivity index (χ3n) is 14.7. The number of hydrogen-bond donors (Lipinski definition) is 0. The second-order valence-electron chi connectivity index (χ2n) is 18.2. The Bertz CT molecular complexity index is 2160. The summed E-state index contributed by atoms with van der Waals surface area (Å²) in [5.74, 6) is 1.82. The maximum absolute atomic E-state index is 16.9. The van der Waals surface area contributed by atoms with Crippen LogP contribution >= 0.6 is 7.44 Å². The summed E-state index contributed by atoms with van der Waals surface area (Å²) in [5, 5.41) is 0.901. The van der Waals surface area contributed by atoms with Crippen molar-refractivity contribution in [1.29, 1.82) is 0 Å². The first-order chi connectivity index (χ1) is 22.6. The van der Waals surface area contributed by atoms with E-state index >= 15 is 4.57 Å². The van der Waals surface area contributed by atoms with E-state index in [4.69, 9.17) is 4.98 Å². The fourth-order valence-corrected chi connectivity index (χ4v) is 13.3. The van der Waals surface area contributed by atoms with Gasteiger partial charge in [0.25, 0.3) is 0 Å². The Kier molecular flexibility index (Phi) is 6.84. The number of aromatic nitrogens is 3. The fraction of sp³-hybridized carbons (Fsp3) is 0.535. The number of nitrogens with zero attached hydrogens (tertiary/aromatic N) is 4. The standard InChI is InChI=1S/C43H58N4OP/c1-17-42(15)30-25-33(38(6,7)8)44-36-34(30)37-46(43(42,18-2)19-3)31-23-28-29(40(11,12)41(13,14)39(28,9)10)24-32(31)47(37)49(48,45(36)16)35-26(4)21-20-22-27(35)5/h18,20-25H,2,17,19H2,1,3-16H3/q+1. The van der Waals surface area contributed by atoms with Gasteiger partial charge in [-0.2, -0.15) is 4.34 Å². The topological polar surface area (TPSA) is 42.0 Å². The molecule has 0 amide bonds. The van der Waals surface area contributed by atoms with E-state index in [1.165, 1.54) is 16.7 Å². The molecule has 2 aliphatic heterocycles. The highest BCUT2D eigenvalue weighted by Gasteiger charge is 2.64. The summed E-state index contributed by atoms with van der Waals surface area (Å²) in [7, 11) is -1.53. The molecule has 2 aromatic heterocycles. The summed E-state index contributed by atoms with van der Waals surface area (Å²) in [4.78, 5) is 5.48. The van der Waals surface area contributed by atoms with Crippen molar-refractivity contribution in [2.24, 2.45) is 5.41 Å². The molecule has 2 aromatic carbocycles. The van der Waals surface area contributed by atoms with Gasteiger partial charge in [-0.05, 0) is 95.0 Å². The van der Waals surface area contributed by atoms with Crippen LogP contribution < -0.4 is 14.5 Å². The minimum Gasteiger partial charge on any atom is -0.272 e. The number of aryl methyl sites for hydroxylation is 2. The maximum Gasteiger partial charge on any atom is 0.377 e. The molecular formula is C43H58N4OP+. The number of benzene rings is 2. The molecule has 49 heavy (non-hydrogen) atoms. The first kappa shape index (κ1) is 34.3. The summed E-state index contributed by atoms with van der Waals surface area (Å²) in [6, 6.07) is 13.6. The minimum atomic E-state index is -3.56. The number of fused-ring (bicyclic) bond motifs is 4. The number of allylic oxidation sites excluding steroid dienone is 1. The van der Waals surface area contributed by atoms with Crippen molar-refractivity contribution < 1.29 is 9.13 Å². The predicted molar refractivity (Wildman–Crippen MR) is 207 cm³/mol. The van der Waals surface area contributed by atoms with Gasteiger partial charge in [0, 0.05) is 23.6 Å². The van der Waals surface area contributed by atoms with Crippen LogP contribution in [0.3, 0.4) is 0 Å². The Balaban J connectivity index is 1.82. The van der Waals surface area contributed by atoms with Crippen LogP contribution in [-0.2, 0) is 31.8 Å². The zero-order valence-electron chi connectivity index (χ0n) is 32.8. The van der Waals surface area contributed by atoms with Gasteiger partial charge >= 0.3 is 13.3 Å². The van der Waals surface area contributed by atoms with Crippen LogP contribution in [-0.4, -0.2) is 16.4 Å². The molecule has 7 rings (SSSR count). The van der Waals surface area contributed by atoms with E-state index in [0.29, 0.717) is 0 Å². The lowest BCUT2D eigenvalue weighted by Gasteiger charge is -2.50. The van der Waals surface area contributed by atoms with Crippen molar-refractivity contribution in [1.82, 2.24) is 9.32 Å². The van der Waals surface area contributed by atoms with Crippen molar-refractivity contribution in [2.75, 3.05) is 11.7 Å². The van der Waals surface area contributed by atoms with E-state index in [0.717, 1.165) is 63.2 Å². The molecule has 260 valence electrons. The quantitative estimate of drug-likeness (QED) is 0.123. The average molecular weight is 678 g/mol. The predicted octanol–water partition coefficient (Wildman–Crippen LogP) is 10.3. The maximum atomic E-state index is 16.9. The van der Waals surface area contributed by atoms with Gasteiger partial charge in [0.05, 0.1) is 5.30 Å². The number of pyridine rings is 1. The highest BCUT2D eigenvalue weighted by molar-refractivity contribution is 7.72. The van der Waals surface area contributed by atoms with E-state index < -0.39 is 13.0 Å². The molecule has 0 spiro atoms. The van der Waals surface area contributed by atoms with Gasteiger partial charge in [-0.3, -0.25) is 4.67 Å². The molecule has 0 N–H and O–H groups in total. The summed E-state index contributed by atoms with van der Waals surface area (Å²) < 4.78 is 23.8. The zero-order chi connectivity index (χ0) is 36.2. The van der Waals surface area contributed by atoms with Crippen molar-refractivity contribution in [3.05, 3.63) is 82.6 Å². The first-order valence-electron chi connectivity index (χ1n) is 18.3. The second-order valence-corrected chi connectivity index (χ2v) is 20.7. The zero-order valence-corrected chi connectivity index (χ0v) is 33.7. The summed E-state index contributed by atoms with van der Waals surface area (Å²) in [5.41, 5.74) is 9.21. The Morgan fingerprint density at radius 1 is 0.898 bits per heavy atom. The lowest BCUT2D eigenvalue weighted by atomic mass is 9.59. The molecule has 4 aromatic rings. The van der Waals surface area contributed by atoms with Crippen LogP contribution in [0.1, 0.15) is 129 Å². The van der Waals surface area contributed by atoms with Crippen molar-refractivity contribution in [2.45, 2.75) is 137 Å². The fourth-order valence-electron chi connectivity index (χ4n) is 10.2. The number of imidazole rings is 1. The molecule has 5 nitrogen and oxygen atoms in total. The third kappa shape index (κ3) is 3.61. The minimum absolute atomic E-state index is 0.00782. The van der Waals surface area contributed by atoms with Gasteiger partial charge in [0.15, 0.2) is 16.9 Å². The molecule has 4 heterocycles. The van der Waals surface area contributed by atoms with E-state index in [1.54, 1.807) is 0 Å². The molecule has 6 heteroatoms. The first-order valence-corrected chi connectivity index (χ1v) is 19.9. The molecule has 0 saturated heterocycles. The van der Waals surface area contributed by atoms with Gasteiger partial charge in [-0.1, -0.05) is 108 Å². The van der Waals surface area contributed by atoms with Gasteiger partial charge < -0.3 is 0 Å². The number of rotatable bonds is 4. The largest absolute Gasteiger partial charge is 0.377 e. The van der Waals surface area contributed by atoms with Crippen LogP contribution in [0, 0.1) is 19.3 Å². The monoisotopic (exact) mass is 677 g/mol. The molecule has 3 aliphatic rings. The van der Waals surface area contributed by atoms with Gasteiger partial charge in [0.1, 0.15) is 11.1 Å². The Morgan fingerprint density at radius 3 is 1.98 bits per heavy atom. The molecule has 3 atom stereocenters. The highest BCUT2D eigenvalue weighted by atomic mass is 31.2. The molecule has 0 fully saturated rings. The Morgan fingerprint density at radius 2 is 1.47 bits per heavy atom. The second kappa shape index (κ2) is 9.78. The van der Waals surface area contributed by atoms with Crippen LogP contribution in [0.4, 0.5) is 5.82 Å². The average Bonchev–Trinajstić information content (AvgIpc) is 3.42. The van der Waals surface area contributed by atoms with E-state index in [1.807, 2.05) is 7.05 Å². The Hall–Kier alpha value is -3.17. The normalized spacial score (nSPS) is 27.3. The van der Waals surface area contributed by atoms with Crippen LogP contribution in [0.2, 0.25) is 0 Å². The smallest absolute Gasteiger partial charge is 0.272 e. The molecule has 0 bridgehead atoms. The summed E-state index contributed by atoms with van der Waals surface area (Å²) in [6.45, 7) is 37.1.